The van der Waals surface area contributed by atoms with Crippen LogP contribution in [0.5, 0.6) is 0 Å². The van der Waals surface area contributed by atoms with Gasteiger partial charge in [-0.2, -0.15) is 13.2 Å². The maximum absolute atomic E-state index is 12.6. The zero-order valence-electron chi connectivity index (χ0n) is 10.6. The van der Waals surface area contributed by atoms with Crippen LogP contribution in [0.25, 0.3) is 16.6 Å². The van der Waals surface area contributed by atoms with Crippen molar-refractivity contribution in [1.29, 1.82) is 0 Å². The van der Waals surface area contributed by atoms with E-state index < -0.39 is 17.3 Å². The summed E-state index contributed by atoms with van der Waals surface area (Å²) in [5.74, 6) is 0. The van der Waals surface area contributed by atoms with E-state index in [1.54, 1.807) is 30.3 Å². The fraction of sp³-hybridized carbons (Fsp3) is 0.0667. The van der Waals surface area contributed by atoms with Crippen molar-refractivity contribution in [3.05, 3.63) is 70.8 Å². The summed E-state index contributed by atoms with van der Waals surface area (Å²) in [7, 11) is 0. The van der Waals surface area contributed by atoms with Crippen LogP contribution in [0.3, 0.4) is 0 Å². The third-order valence-electron chi connectivity index (χ3n) is 3.12. The monoisotopic (exact) mass is 290 g/mol. The van der Waals surface area contributed by atoms with E-state index in [0.29, 0.717) is 5.69 Å². The van der Waals surface area contributed by atoms with Crippen LogP contribution in [0, 0.1) is 0 Å². The van der Waals surface area contributed by atoms with E-state index >= 15 is 0 Å². The van der Waals surface area contributed by atoms with E-state index in [1.807, 2.05) is 0 Å². The molecule has 3 aromatic rings. The average molecular weight is 290 g/mol. The maximum atomic E-state index is 12.6. The number of benzene rings is 2. The maximum Gasteiger partial charge on any atom is 0.416 e. The molecule has 0 atom stereocenters. The lowest BCUT2D eigenvalue weighted by molar-refractivity contribution is -0.137. The Balaban J connectivity index is 2.22. The van der Waals surface area contributed by atoms with Gasteiger partial charge in [0.15, 0.2) is 0 Å². The zero-order chi connectivity index (χ0) is 15.0. The molecule has 6 heteroatoms. The number of fused-ring (bicyclic) bond motifs is 1. The molecule has 106 valence electrons. The number of nitrogens with zero attached hydrogens (tertiary/aromatic N) is 2. The van der Waals surface area contributed by atoms with Gasteiger partial charge in [0.25, 0.3) is 5.56 Å². The second-order valence-electron chi connectivity index (χ2n) is 4.48. The quantitative estimate of drug-likeness (QED) is 0.688. The Labute approximate surface area is 117 Å². The van der Waals surface area contributed by atoms with Crippen molar-refractivity contribution in [1.82, 2.24) is 9.55 Å². The first-order valence-corrected chi connectivity index (χ1v) is 6.11. The van der Waals surface area contributed by atoms with Crippen LogP contribution in [0.4, 0.5) is 13.2 Å². The van der Waals surface area contributed by atoms with Crippen molar-refractivity contribution in [2.75, 3.05) is 0 Å². The molecule has 0 aliphatic carbocycles. The molecule has 0 aliphatic heterocycles. The van der Waals surface area contributed by atoms with Crippen LogP contribution in [0.1, 0.15) is 5.56 Å². The van der Waals surface area contributed by atoms with Gasteiger partial charge in [-0.3, -0.25) is 9.36 Å². The molecule has 0 saturated carbocycles. The van der Waals surface area contributed by atoms with E-state index in [2.05, 4.69) is 4.98 Å². The van der Waals surface area contributed by atoms with E-state index in [-0.39, 0.29) is 10.9 Å². The third-order valence-corrected chi connectivity index (χ3v) is 3.12. The van der Waals surface area contributed by atoms with Gasteiger partial charge in [0.1, 0.15) is 6.33 Å². The Bertz CT molecular complexity index is 854. The largest absolute Gasteiger partial charge is 0.416 e. The van der Waals surface area contributed by atoms with Gasteiger partial charge in [-0.25, -0.2) is 4.98 Å². The molecule has 0 amide bonds. The molecule has 3 nitrogen and oxygen atoms in total. The Morgan fingerprint density at radius 3 is 2.38 bits per heavy atom. The minimum atomic E-state index is -4.45. The van der Waals surface area contributed by atoms with Gasteiger partial charge in [0.05, 0.1) is 22.2 Å². The minimum absolute atomic E-state index is 0.0296. The van der Waals surface area contributed by atoms with Gasteiger partial charge < -0.3 is 0 Å². The Morgan fingerprint density at radius 2 is 1.71 bits per heavy atom. The van der Waals surface area contributed by atoms with Crippen LogP contribution in [-0.2, 0) is 6.18 Å². The van der Waals surface area contributed by atoms with Crippen molar-refractivity contribution in [2.24, 2.45) is 0 Å². The van der Waals surface area contributed by atoms with Crippen LogP contribution in [0.2, 0.25) is 0 Å². The Kier molecular flexibility index (Phi) is 3.01. The van der Waals surface area contributed by atoms with Gasteiger partial charge in [-0.1, -0.05) is 18.2 Å². The molecule has 0 saturated heterocycles. The molecule has 2 aromatic carbocycles. The lowest BCUT2D eigenvalue weighted by atomic mass is 10.1. The summed E-state index contributed by atoms with van der Waals surface area (Å²) in [5, 5.41) is 0.148. The van der Waals surface area contributed by atoms with Crippen molar-refractivity contribution in [2.45, 2.75) is 6.18 Å². The van der Waals surface area contributed by atoms with Crippen LogP contribution in [-0.4, -0.2) is 9.55 Å². The summed E-state index contributed by atoms with van der Waals surface area (Å²) in [5.41, 5.74) is -0.585. The summed E-state index contributed by atoms with van der Waals surface area (Å²) < 4.78 is 39.2. The van der Waals surface area contributed by atoms with Gasteiger partial charge in [0, 0.05) is 0 Å². The van der Waals surface area contributed by atoms with E-state index in [0.717, 1.165) is 18.2 Å². The third kappa shape index (κ3) is 2.40. The molecule has 0 radical (unpaired) electrons. The van der Waals surface area contributed by atoms with Crippen molar-refractivity contribution >= 4 is 10.9 Å². The number of halogens is 3. The topological polar surface area (TPSA) is 34.9 Å². The van der Waals surface area contributed by atoms with Crippen molar-refractivity contribution in [3.63, 3.8) is 0 Å². The molecule has 0 unspecified atom stereocenters. The highest BCUT2D eigenvalue weighted by atomic mass is 19.4. The number of para-hydroxylation sites is 1. The number of hydrogen-bond acceptors (Lipinski definition) is 2. The van der Waals surface area contributed by atoms with E-state index in [9.17, 15) is 18.0 Å². The second kappa shape index (κ2) is 4.73. The summed E-state index contributed by atoms with van der Waals surface area (Å²) in [6.07, 6.45) is -3.22. The summed E-state index contributed by atoms with van der Waals surface area (Å²) >= 11 is 0. The lowest BCUT2D eigenvalue weighted by Gasteiger charge is -2.09. The molecule has 1 aromatic heterocycles. The van der Waals surface area contributed by atoms with Crippen LogP contribution in [0.15, 0.2) is 59.7 Å². The molecule has 1 heterocycles. The summed E-state index contributed by atoms with van der Waals surface area (Å²) in [6.45, 7) is 0. The number of rotatable bonds is 1. The van der Waals surface area contributed by atoms with Crippen molar-refractivity contribution < 1.29 is 13.2 Å². The number of aromatic nitrogens is 2. The average Bonchev–Trinajstić information content (AvgIpc) is 2.47. The molecular weight excluding hydrogens is 281 g/mol. The van der Waals surface area contributed by atoms with Gasteiger partial charge >= 0.3 is 6.18 Å². The standard InChI is InChI=1S/C15H9F3N2O/c16-15(17,18)10-6-7-12-13(8-10)19-9-20(14(12)21)11-4-2-1-3-5-11/h1-9H. The van der Waals surface area contributed by atoms with Gasteiger partial charge in [0.2, 0.25) is 0 Å². The first-order chi connectivity index (χ1) is 9.97. The minimum Gasteiger partial charge on any atom is -0.268 e. The Hall–Kier alpha value is -2.63. The molecule has 0 N–H and O–H groups in total. The normalized spacial score (nSPS) is 11.8. The molecular formula is C15H9F3N2O. The van der Waals surface area contributed by atoms with Crippen LogP contribution >= 0.6 is 0 Å². The first-order valence-electron chi connectivity index (χ1n) is 6.11. The molecule has 0 fully saturated rings. The smallest absolute Gasteiger partial charge is 0.268 e. The fourth-order valence-electron chi connectivity index (χ4n) is 2.07. The molecule has 21 heavy (non-hydrogen) atoms. The predicted octanol–water partition coefficient (Wildman–Crippen LogP) is 3.40. The zero-order valence-corrected chi connectivity index (χ0v) is 10.6. The summed E-state index contributed by atoms with van der Waals surface area (Å²) in [6, 6.07) is 11.7. The fourth-order valence-corrected chi connectivity index (χ4v) is 2.07. The predicted molar refractivity (Wildman–Crippen MR) is 72.3 cm³/mol. The first kappa shape index (κ1) is 13.4. The number of alkyl halides is 3. The summed E-state index contributed by atoms with van der Waals surface area (Å²) in [4.78, 5) is 16.3. The van der Waals surface area contributed by atoms with Crippen molar-refractivity contribution in [3.8, 4) is 5.69 Å². The van der Waals surface area contributed by atoms with Gasteiger partial charge in [-0.15, -0.1) is 0 Å². The SMILES string of the molecule is O=c1c2ccc(C(F)(F)F)cc2ncn1-c1ccccc1. The number of hydrogen-bond donors (Lipinski definition) is 0. The second-order valence-corrected chi connectivity index (χ2v) is 4.48. The Morgan fingerprint density at radius 1 is 1.00 bits per heavy atom. The highest BCUT2D eigenvalue weighted by molar-refractivity contribution is 5.78. The highest BCUT2D eigenvalue weighted by Gasteiger charge is 2.30. The van der Waals surface area contributed by atoms with E-state index in [4.69, 9.17) is 0 Å². The van der Waals surface area contributed by atoms with E-state index in [1.165, 1.54) is 10.9 Å². The lowest BCUT2D eigenvalue weighted by Crippen LogP contribution is -2.19. The molecule has 0 aliphatic rings. The highest BCUT2D eigenvalue weighted by Crippen LogP contribution is 2.30. The van der Waals surface area contributed by atoms with Crippen LogP contribution < -0.4 is 5.56 Å². The van der Waals surface area contributed by atoms with Gasteiger partial charge in [-0.05, 0) is 30.3 Å². The molecule has 0 bridgehead atoms. The molecule has 3 rings (SSSR count). The molecule has 0 spiro atoms.